The molecule has 3 rings (SSSR count). The first-order chi connectivity index (χ1) is 11.0. The molecule has 0 aliphatic heterocycles. The van der Waals surface area contributed by atoms with E-state index in [0.29, 0.717) is 4.34 Å². The van der Waals surface area contributed by atoms with Gasteiger partial charge in [-0.3, -0.25) is 0 Å². The second-order valence-corrected chi connectivity index (χ2v) is 8.49. The summed E-state index contributed by atoms with van der Waals surface area (Å²) in [5.41, 5.74) is 1.70. The molecule has 1 N–H and O–H groups in total. The van der Waals surface area contributed by atoms with Gasteiger partial charge in [0.05, 0.1) is 10.0 Å². The Balaban J connectivity index is 1.77. The van der Waals surface area contributed by atoms with Gasteiger partial charge in [-0.1, -0.05) is 23.7 Å². The van der Waals surface area contributed by atoms with Crippen molar-refractivity contribution in [2.24, 2.45) is 0 Å². The van der Waals surface area contributed by atoms with Crippen LogP contribution in [0.15, 0.2) is 53.3 Å². The summed E-state index contributed by atoms with van der Waals surface area (Å²) in [7, 11) is -3.58. The number of rotatable bonds is 5. The van der Waals surface area contributed by atoms with Crippen molar-refractivity contribution in [3.05, 3.63) is 59.0 Å². The van der Waals surface area contributed by atoms with Crippen molar-refractivity contribution in [3.8, 4) is 5.69 Å². The number of benzene rings is 1. The van der Waals surface area contributed by atoms with Gasteiger partial charge in [-0.25, -0.2) is 22.8 Å². The molecule has 0 bridgehead atoms. The molecule has 0 aliphatic carbocycles. The number of thiophene rings is 1. The highest BCUT2D eigenvalue weighted by atomic mass is 35.5. The second kappa shape index (κ2) is 6.40. The standard InChI is InChI=1S/C14H13ClN4O2S2/c1-10(18-23(20,21)14-7-6-13(15)22-14)11-2-4-12(5-3-11)19-9-16-8-17-19/h2-10,18H,1H3/t10-/m1/s1. The van der Waals surface area contributed by atoms with Crippen molar-refractivity contribution in [2.75, 3.05) is 0 Å². The van der Waals surface area contributed by atoms with Gasteiger partial charge in [0.15, 0.2) is 0 Å². The van der Waals surface area contributed by atoms with Crippen LogP contribution in [0.5, 0.6) is 0 Å². The molecule has 0 amide bonds. The zero-order valence-electron chi connectivity index (χ0n) is 12.0. The first kappa shape index (κ1) is 16.1. The van der Waals surface area contributed by atoms with Gasteiger partial charge in [0, 0.05) is 6.04 Å². The van der Waals surface area contributed by atoms with E-state index in [0.717, 1.165) is 22.6 Å². The fourth-order valence-electron chi connectivity index (χ4n) is 2.06. The summed E-state index contributed by atoms with van der Waals surface area (Å²) in [4.78, 5) is 3.89. The monoisotopic (exact) mass is 368 g/mol. The first-order valence-corrected chi connectivity index (χ1v) is 9.36. The Bertz CT molecular complexity index is 889. The highest BCUT2D eigenvalue weighted by molar-refractivity contribution is 7.91. The summed E-state index contributed by atoms with van der Waals surface area (Å²) in [6.07, 6.45) is 3.05. The molecule has 0 fully saturated rings. The normalized spacial score (nSPS) is 13.1. The molecule has 0 unspecified atom stereocenters. The Kier molecular flexibility index (Phi) is 4.49. The molecule has 0 spiro atoms. The molecule has 0 saturated carbocycles. The summed E-state index contributed by atoms with van der Waals surface area (Å²) >= 11 is 6.83. The van der Waals surface area contributed by atoms with E-state index in [9.17, 15) is 8.42 Å². The van der Waals surface area contributed by atoms with Crippen LogP contribution >= 0.6 is 22.9 Å². The Morgan fingerprint density at radius 2 is 1.96 bits per heavy atom. The van der Waals surface area contributed by atoms with Gasteiger partial charge < -0.3 is 0 Å². The van der Waals surface area contributed by atoms with E-state index in [4.69, 9.17) is 11.6 Å². The lowest BCUT2D eigenvalue weighted by Gasteiger charge is -2.14. The molecule has 1 atom stereocenters. The predicted molar refractivity (Wildman–Crippen MR) is 89.4 cm³/mol. The molecule has 0 saturated heterocycles. The van der Waals surface area contributed by atoms with Gasteiger partial charge in [-0.15, -0.1) is 11.3 Å². The van der Waals surface area contributed by atoms with Crippen LogP contribution in [-0.2, 0) is 10.0 Å². The van der Waals surface area contributed by atoms with Gasteiger partial charge in [-0.05, 0) is 36.8 Å². The maximum Gasteiger partial charge on any atom is 0.250 e. The van der Waals surface area contributed by atoms with E-state index in [-0.39, 0.29) is 10.3 Å². The summed E-state index contributed by atoms with van der Waals surface area (Å²) in [5.74, 6) is 0. The lowest BCUT2D eigenvalue weighted by Crippen LogP contribution is -2.26. The van der Waals surface area contributed by atoms with Crippen LogP contribution < -0.4 is 4.72 Å². The van der Waals surface area contributed by atoms with Crippen molar-refractivity contribution in [1.29, 1.82) is 0 Å². The Morgan fingerprint density at radius 3 is 2.52 bits per heavy atom. The summed E-state index contributed by atoms with van der Waals surface area (Å²) < 4.78 is 29.5. The molecule has 2 aromatic heterocycles. The van der Waals surface area contributed by atoms with Crippen molar-refractivity contribution in [1.82, 2.24) is 19.5 Å². The molecule has 1 aromatic carbocycles. The summed E-state index contributed by atoms with van der Waals surface area (Å²) in [6, 6.07) is 10.1. The minimum atomic E-state index is -3.58. The number of sulfonamides is 1. The average molecular weight is 369 g/mol. The molecule has 6 nitrogen and oxygen atoms in total. The molecule has 23 heavy (non-hydrogen) atoms. The summed E-state index contributed by atoms with van der Waals surface area (Å²) in [6.45, 7) is 1.79. The number of halogens is 1. The van der Waals surface area contributed by atoms with Crippen molar-refractivity contribution < 1.29 is 8.42 Å². The van der Waals surface area contributed by atoms with Gasteiger partial charge in [0.1, 0.15) is 16.9 Å². The van der Waals surface area contributed by atoms with E-state index >= 15 is 0 Å². The van der Waals surface area contributed by atoms with Crippen molar-refractivity contribution in [3.63, 3.8) is 0 Å². The molecule has 9 heteroatoms. The number of nitrogens with one attached hydrogen (secondary N) is 1. The van der Waals surface area contributed by atoms with Crippen LogP contribution in [0.25, 0.3) is 5.69 Å². The van der Waals surface area contributed by atoms with Crippen LogP contribution in [0.1, 0.15) is 18.5 Å². The topological polar surface area (TPSA) is 76.9 Å². The van der Waals surface area contributed by atoms with Gasteiger partial charge in [-0.2, -0.15) is 5.10 Å². The van der Waals surface area contributed by atoms with Crippen LogP contribution in [0.3, 0.4) is 0 Å². The minimum Gasteiger partial charge on any atom is -0.223 e. The lowest BCUT2D eigenvalue weighted by atomic mass is 10.1. The maximum absolute atomic E-state index is 12.3. The molecular weight excluding hydrogens is 356 g/mol. The number of nitrogens with zero attached hydrogens (tertiary/aromatic N) is 3. The van der Waals surface area contributed by atoms with Crippen molar-refractivity contribution in [2.45, 2.75) is 17.2 Å². The average Bonchev–Trinajstić information content (AvgIpc) is 3.18. The fraction of sp³-hybridized carbons (Fsp3) is 0.143. The third-order valence-corrected chi connectivity index (χ3v) is 6.49. The van der Waals surface area contributed by atoms with Gasteiger partial charge in [0.25, 0.3) is 10.0 Å². The van der Waals surface area contributed by atoms with Crippen LogP contribution in [-0.4, -0.2) is 23.2 Å². The van der Waals surface area contributed by atoms with E-state index in [1.165, 1.54) is 12.4 Å². The molecule has 120 valence electrons. The second-order valence-electron chi connectivity index (χ2n) is 4.83. The van der Waals surface area contributed by atoms with E-state index in [2.05, 4.69) is 14.8 Å². The lowest BCUT2D eigenvalue weighted by molar-refractivity contribution is 0.569. The minimum absolute atomic E-state index is 0.202. The van der Waals surface area contributed by atoms with E-state index in [1.807, 2.05) is 24.3 Å². The fourth-order valence-corrected chi connectivity index (χ4v) is 4.79. The Morgan fingerprint density at radius 1 is 1.22 bits per heavy atom. The zero-order chi connectivity index (χ0) is 16.4. The molecule has 2 heterocycles. The van der Waals surface area contributed by atoms with Gasteiger partial charge in [0.2, 0.25) is 0 Å². The molecule has 0 radical (unpaired) electrons. The Hall–Kier alpha value is -1.74. The quantitative estimate of drug-likeness (QED) is 0.751. The first-order valence-electron chi connectivity index (χ1n) is 6.68. The number of hydrogen-bond donors (Lipinski definition) is 1. The highest BCUT2D eigenvalue weighted by Crippen LogP contribution is 2.27. The Labute approximate surface area is 142 Å². The zero-order valence-corrected chi connectivity index (χ0v) is 14.4. The third-order valence-electron chi connectivity index (χ3n) is 3.22. The smallest absolute Gasteiger partial charge is 0.223 e. The van der Waals surface area contributed by atoms with Crippen LogP contribution in [0, 0.1) is 0 Å². The van der Waals surface area contributed by atoms with Crippen LogP contribution in [0.2, 0.25) is 4.34 Å². The van der Waals surface area contributed by atoms with Crippen molar-refractivity contribution >= 4 is 33.0 Å². The molecular formula is C14H13ClN4O2S2. The molecule has 3 aromatic rings. The summed E-state index contributed by atoms with van der Waals surface area (Å²) in [5, 5.41) is 4.05. The number of aromatic nitrogens is 3. The number of hydrogen-bond acceptors (Lipinski definition) is 5. The van der Waals surface area contributed by atoms with E-state index < -0.39 is 10.0 Å². The van der Waals surface area contributed by atoms with Gasteiger partial charge >= 0.3 is 0 Å². The maximum atomic E-state index is 12.3. The highest BCUT2D eigenvalue weighted by Gasteiger charge is 2.20. The van der Waals surface area contributed by atoms with E-state index in [1.54, 1.807) is 24.0 Å². The SMILES string of the molecule is C[C@@H](NS(=O)(=O)c1ccc(Cl)s1)c1ccc(-n2cncn2)cc1. The third kappa shape index (κ3) is 3.61. The largest absolute Gasteiger partial charge is 0.250 e. The van der Waals surface area contributed by atoms with Crippen LogP contribution in [0.4, 0.5) is 0 Å². The molecule has 0 aliphatic rings. The predicted octanol–water partition coefficient (Wildman–Crippen LogP) is 3.02.